The SMILES string of the molecule is CC(Sc1cccc(NC(=O)/C(=C\c2cccc(Br)c2)NC(=O)c2ccccc2)c1)C(=O)Nc1ccc(Oc2ccccc2)cc1. The molecule has 9 heteroatoms. The van der Waals surface area contributed by atoms with Crippen molar-refractivity contribution in [3.05, 3.63) is 155 Å². The number of ether oxygens (including phenoxy) is 1. The molecule has 0 saturated carbocycles. The van der Waals surface area contributed by atoms with Crippen molar-refractivity contribution in [2.24, 2.45) is 0 Å². The van der Waals surface area contributed by atoms with E-state index in [-0.39, 0.29) is 11.6 Å². The van der Waals surface area contributed by atoms with E-state index in [4.69, 9.17) is 4.74 Å². The topological polar surface area (TPSA) is 96.5 Å². The molecule has 0 saturated heterocycles. The largest absolute Gasteiger partial charge is 0.457 e. The number of nitrogens with one attached hydrogen (secondary N) is 3. The van der Waals surface area contributed by atoms with E-state index in [9.17, 15) is 14.4 Å². The van der Waals surface area contributed by atoms with Gasteiger partial charge in [0, 0.05) is 26.3 Å². The van der Waals surface area contributed by atoms with Crippen molar-refractivity contribution in [1.82, 2.24) is 5.32 Å². The third-order valence-corrected chi connectivity index (χ3v) is 8.15. The molecule has 7 nitrogen and oxygen atoms in total. The van der Waals surface area contributed by atoms with Crippen LogP contribution < -0.4 is 20.7 Å². The summed E-state index contributed by atoms with van der Waals surface area (Å²) in [5.74, 6) is 0.339. The molecule has 1 unspecified atom stereocenters. The predicted octanol–water partition coefficient (Wildman–Crippen LogP) is 8.77. The Morgan fingerprint density at radius 1 is 0.717 bits per heavy atom. The van der Waals surface area contributed by atoms with Crippen molar-refractivity contribution in [3.63, 3.8) is 0 Å². The van der Waals surface area contributed by atoms with E-state index in [0.717, 1.165) is 20.7 Å². The number of halogens is 1. The Morgan fingerprint density at radius 2 is 1.39 bits per heavy atom. The van der Waals surface area contributed by atoms with E-state index < -0.39 is 17.1 Å². The second-order valence-electron chi connectivity index (χ2n) is 10.1. The van der Waals surface area contributed by atoms with Crippen LogP contribution in [0.3, 0.4) is 0 Å². The summed E-state index contributed by atoms with van der Waals surface area (Å²) < 4.78 is 6.66. The van der Waals surface area contributed by atoms with E-state index in [1.54, 1.807) is 72.8 Å². The summed E-state index contributed by atoms with van der Waals surface area (Å²) in [7, 11) is 0. The number of hydrogen-bond acceptors (Lipinski definition) is 5. The highest BCUT2D eigenvalue weighted by molar-refractivity contribution is 9.10. The Balaban J connectivity index is 1.22. The van der Waals surface area contributed by atoms with Crippen LogP contribution in [0.4, 0.5) is 11.4 Å². The number of thioether (sulfide) groups is 1. The molecule has 3 amide bonds. The highest BCUT2D eigenvalue weighted by Gasteiger charge is 2.17. The Bertz CT molecular complexity index is 1850. The molecule has 0 radical (unpaired) electrons. The average Bonchev–Trinajstić information content (AvgIpc) is 3.06. The number of carbonyl (C=O) groups is 3. The van der Waals surface area contributed by atoms with Gasteiger partial charge < -0.3 is 20.7 Å². The molecule has 46 heavy (non-hydrogen) atoms. The van der Waals surface area contributed by atoms with Crippen molar-refractivity contribution in [3.8, 4) is 11.5 Å². The van der Waals surface area contributed by atoms with Crippen LogP contribution in [0.2, 0.25) is 0 Å². The maximum absolute atomic E-state index is 13.5. The van der Waals surface area contributed by atoms with Gasteiger partial charge in [0.1, 0.15) is 17.2 Å². The molecule has 1 atom stereocenters. The van der Waals surface area contributed by atoms with Crippen LogP contribution in [-0.2, 0) is 9.59 Å². The summed E-state index contributed by atoms with van der Waals surface area (Å²) in [6.07, 6.45) is 1.62. The van der Waals surface area contributed by atoms with Crippen molar-refractivity contribution >= 4 is 62.9 Å². The number of rotatable bonds is 11. The maximum Gasteiger partial charge on any atom is 0.272 e. The van der Waals surface area contributed by atoms with E-state index >= 15 is 0 Å². The fraction of sp³-hybridized carbons (Fsp3) is 0.0541. The van der Waals surface area contributed by atoms with Crippen LogP contribution in [-0.4, -0.2) is 23.0 Å². The van der Waals surface area contributed by atoms with E-state index in [1.807, 2.05) is 73.7 Å². The molecular formula is C37H30BrN3O4S. The number of benzene rings is 5. The number of amides is 3. The molecule has 0 aliphatic rings. The molecule has 230 valence electrons. The summed E-state index contributed by atoms with van der Waals surface area (Å²) in [5.41, 5.74) is 2.41. The van der Waals surface area contributed by atoms with Crippen molar-refractivity contribution in [2.45, 2.75) is 17.1 Å². The fourth-order valence-corrected chi connectivity index (χ4v) is 5.63. The lowest BCUT2D eigenvalue weighted by molar-refractivity contribution is -0.115. The molecule has 0 spiro atoms. The lowest BCUT2D eigenvalue weighted by atomic mass is 10.1. The molecule has 5 aromatic rings. The molecule has 0 bridgehead atoms. The standard InChI is InChI=1S/C37H30BrN3O4S/c1-25(35(42)39-29-18-20-32(21-19-29)45-31-15-6-3-7-16-31)46-33-17-9-14-30(24-33)40-37(44)34(23-26-10-8-13-28(38)22-26)41-36(43)27-11-4-2-5-12-27/h2-25H,1H3,(H,39,42)(H,40,44)(H,41,43)/b34-23+. The summed E-state index contributed by atoms with van der Waals surface area (Å²) in [6.45, 7) is 1.82. The van der Waals surface area contributed by atoms with Gasteiger partial charge in [0.2, 0.25) is 5.91 Å². The van der Waals surface area contributed by atoms with E-state index in [1.165, 1.54) is 11.8 Å². The van der Waals surface area contributed by atoms with Crippen LogP contribution in [0.25, 0.3) is 6.08 Å². The van der Waals surface area contributed by atoms with Crippen molar-refractivity contribution < 1.29 is 19.1 Å². The zero-order valence-corrected chi connectivity index (χ0v) is 27.2. The van der Waals surface area contributed by atoms with Gasteiger partial charge in [-0.2, -0.15) is 0 Å². The van der Waals surface area contributed by atoms with Crippen molar-refractivity contribution in [2.75, 3.05) is 10.6 Å². The minimum atomic E-state index is -0.489. The monoisotopic (exact) mass is 691 g/mol. The lowest BCUT2D eigenvalue weighted by Gasteiger charge is -2.14. The van der Waals surface area contributed by atoms with Gasteiger partial charge in [-0.05, 0) is 97.4 Å². The summed E-state index contributed by atoms with van der Waals surface area (Å²) in [6, 6.07) is 40.0. The predicted molar refractivity (Wildman–Crippen MR) is 188 cm³/mol. The van der Waals surface area contributed by atoms with Gasteiger partial charge >= 0.3 is 0 Å². The summed E-state index contributed by atoms with van der Waals surface area (Å²) in [5, 5.41) is 8.14. The normalized spacial score (nSPS) is 11.7. The minimum absolute atomic E-state index is 0.0814. The first-order chi connectivity index (χ1) is 22.3. The number of para-hydroxylation sites is 1. The van der Waals surface area contributed by atoms with Gasteiger partial charge in [0.25, 0.3) is 11.8 Å². The van der Waals surface area contributed by atoms with Gasteiger partial charge in [-0.3, -0.25) is 14.4 Å². The van der Waals surface area contributed by atoms with Crippen LogP contribution in [0.5, 0.6) is 11.5 Å². The zero-order valence-electron chi connectivity index (χ0n) is 24.8. The third-order valence-electron chi connectivity index (χ3n) is 6.56. The Hall–Kier alpha value is -5.12. The molecule has 0 heterocycles. The summed E-state index contributed by atoms with van der Waals surface area (Å²) in [4.78, 5) is 40.2. The lowest BCUT2D eigenvalue weighted by Crippen LogP contribution is -2.30. The van der Waals surface area contributed by atoms with E-state index in [0.29, 0.717) is 22.7 Å². The second kappa shape index (κ2) is 15.7. The van der Waals surface area contributed by atoms with E-state index in [2.05, 4.69) is 31.9 Å². The first-order valence-electron chi connectivity index (χ1n) is 14.4. The Morgan fingerprint density at radius 3 is 2.11 bits per heavy atom. The smallest absolute Gasteiger partial charge is 0.272 e. The molecule has 3 N–H and O–H groups in total. The highest BCUT2D eigenvalue weighted by atomic mass is 79.9. The summed E-state index contributed by atoms with van der Waals surface area (Å²) >= 11 is 4.81. The molecule has 0 aliphatic heterocycles. The number of hydrogen-bond donors (Lipinski definition) is 3. The quantitative estimate of drug-likeness (QED) is 0.0951. The van der Waals surface area contributed by atoms with Crippen LogP contribution in [0.1, 0.15) is 22.8 Å². The van der Waals surface area contributed by atoms with Crippen LogP contribution in [0, 0.1) is 0 Å². The third kappa shape index (κ3) is 9.44. The maximum atomic E-state index is 13.5. The average molecular weight is 693 g/mol. The fourth-order valence-electron chi connectivity index (χ4n) is 4.28. The van der Waals surface area contributed by atoms with Crippen LogP contribution in [0.15, 0.2) is 149 Å². The minimum Gasteiger partial charge on any atom is -0.457 e. The van der Waals surface area contributed by atoms with Gasteiger partial charge in [-0.1, -0.05) is 70.5 Å². The molecule has 5 rings (SSSR count). The molecule has 0 fully saturated rings. The van der Waals surface area contributed by atoms with Gasteiger partial charge in [0.15, 0.2) is 0 Å². The molecule has 0 aromatic heterocycles. The molecule has 5 aromatic carbocycles. The van der Waals surface area contributed by atoms with Crippen LogP contribution >= 0.6 is 27.7 Å². The van der Waals surface area contributed by atoms with Crippen molar-refractivity contribution in [1.29, 1.82) is 0 Å². The number of anilines is 2. The second-order valence-corrected chi connectivity index (χ2v) is 12.4. The highest BCUT2D eigenvalue weighted by Crippen LogP contribution is 2.28. The molecular weight excluding hydrogens is 662 g/mol. The first-order valence-corrected chi connectivity index (χ1v) is 16.1. The van der Waals surface area contributed by atoms with Gasteiger partial charge in [-0.15, -0.1) is 11.8 Å². The van der Waals surface area contributed by atoms with Gasteiger partial charge in [-0.25, -0.2) is 0 Å². The molecule has 0 aliphatic carbocycles. The number of carbonyl (C=O) groups excluding carboxylic acids is 3. The first kappa shape index (κ1) is 32.3. The van der Waals surface area contributed by atoms with Gasteiger partial charge in [0.05, 0.1) is 5.25 Å². The Kier molecular flexibility index (Phi) is 11.0. The Labute approximate surface area is 280 Å². The zero-order chi connectivity index (χ0) is 32.3.